The van der Waals surface area contributed by atoms with Gasteiger partial charge in [-0.15, -0.1) is 11.3 Å². The van der Waals surface area contributed by atoms with Crippen LogP contribution in [0.4, 0.5) is 4.39 Å². The van der Waals surface area contributed by atoms with Crippen molar-refractivity contribution in [1.29, 1.82) is 0 Å². The summed E-state index contributed by atoms with van der Waals surface area (Å²) in [5, 5.41) is 2.82. The zero-order chi connectivity index (χ0) is 20.8. The van der Waals surface area contributed by atoms with Crippen LogP contribution in [0.5, 0.6) is 5.75 Å². The van der Waals surface area contributed by atoms with Crippen molar-refractivity contribution < 1.29 is 13.9 Å². The molecule has 1 aromatic heterocycles. The molecule has 1 atom stereocenters. The molecule has 1 amide bonds. The molecule has 3 rings (SSSR count). The summed E-state index contributed by atoms with van der Waals surface area (Å²) in [6, 6.07) is 13.6. The van der Waals surface area contributed by atoms with Gasteiger partial charge in [-0.05, 0) is 62.2 Å². The molecule has 2 aromatic carbocycles. The molecule has 0 fully saturated rings. The normalized spacial score (nSPS) is 11.9. The number of benzene rings is 2. The minimum Gasteiger partial charge on any atom is -0.486 e. The fourth-order valence-electron chi connectivity index (χ4n) is 2.92. The van der Waals surface area contributed by atoms with Crippen molar-refractivity contribution >= 4 is 17.2 Å². The van der Waals surface area contributed by atoms with Crippen LogP contribution in [0, 0.1) is 12.7 Å². The van der Waals surface area contributed by atoms with Crippen molar-refractivity contribution in [2.75, 3.05) is 0 Å². The zero-order valence-corrected chi connectivity index (χ0v) is 17.7. The van der Waals surface area contributed by atoms with Crippen molar-refractivity contribution in [1.82, 2.24) is 9.88 Å². The molecule has 0 saturated heterocycles. The van der Waals surface area contributed by atoms with Crippen LogP contribution >= 0.6 is 11.3 Å². The van der Waals surface area contributed by atoms with Crippen molar-refractivity contribution in [2.45, 2.75) is 46.4 Å². The fraction of sp³-hybridized carbons (Fsp3) is 0.304. The molecule has 0 bridgehead atoms. The van der Waals surface area contributed by atoms with Crippen LogP contribution in [0.25, 0.3) is 0 Å². The van der Waals surface area contributed by atoms with Crippen LogP contribution < -0.4 is 4.74 Å². The van der Waals surface area contributed by atoms with E-state index in [4.69, 9.17) is 4.74 Å². The molecule has 0 radical (unpaired) electrons. The topological polar surface area (TPSA) is 42.4 Å². The third-order valence-electron chi connectivity index (χ3n) is 4.76. The number of amides is 1. The number of halogens is 1. The van der Waals surface area contributed by atoms with Gasteiger partial charge in [0.1, 0.15) is 23.2 Å². The number of nitrogens with zero attached hydrogens (tertiary/aromatic N) is 2. The van der Waals surface area contributed by atoms with Gasteiger partial charge in [0.15, 0.2) is 0 Å². The lowest BCUT2D eigenvalue weighted by molar-refractivity contribution is 0.0669. The van der Waals surface area contributed by atoms with Crippen LogP contribution in [0.3, 0.4) is 0 Å². The Morgan fingerprint density at radius 1 is 1.24 bits per heavy atom. The average molecular weight is 413 g/mol. The lowest BCUT2D eigenvalue weighted by Crippen LogP contribution is -2.37. The smallest absolute Gasteiger partial charge is 0.254 e. The van der Waals surface area contributed by atoms with Gasteiger partial charge < -0.3 is 9.64 Å². The van der Waals surface area contributed by atoms with E-state index in [-0.39, 0.29) is 17.8 Å². The number of hydrogen-bond donors (Lipinski definition) is 0. The molecule has 0 aliphatic rings. The van der Waals surface area contributed by atoms with E-state index in [2.05, 4.69) is 4.98 Å². The number of ether oxygens (including phenoxy) is 1. The highest BCUT2D eigenvalue weighted by atomic mass is 32.1. The van der Waals surface area contributed by atoms with E-state index in [0.29, 0.717) is 18.7 Å². The predicted octanol–water partition coefficient (Wildman–Crippen LogP) is 5.61. The summed E-state index contributed by atoms with van der Waals surface area (Å²) in [5.41, 5.74) is 2.45. The third kappa shape index (κ3) is 5.64. The number of hydrogen-bond acceptors (Lipinski definition) is 4. The van der Waals surface area contributed by atoms with E-state index in [0.717, 1.165) is 28.4 Å². The van der Waals surface area contributed by atoms with Gasteiger partial charge in [0, 0.05) is 17.0 Å². The SMILES string of the molecule is CC[C@@H](C)N(Cc1csc(COc2cccc(C)c2)n1)C(=O)c1ccc(F)cc1. The Bertz CT molecular complexity index is 956. The van der Waals surface area contributed by atoms with Gasteiger partial charge >= 0.3 is 0 Å². The molecule has 0 aliphatic carbocycles. The Labute approximate surface area is 175 Å². The Morgan fingerprint density at radius 2 is 2.00 bits per heavy atom. The second-order valence-electron chi connectivity index (χ2n) is 7.03. The standard InChI is InChI=1S/C23H25FN2O2S/c1-4-17(3)26(23(27)18-8-10-19(24)11-9-18)13-20-15-29-22(25-20)14-28-21-7-5-6-16(2)12-21/h5-12,15,17H,4,13-14H2,1-3H3/t17-/m1/s1. The number of aromatic nitrogens is 1. The average Bonchev–Trinajstić information content (AvgIpc) is 3.17. The van der Waals surface area contributed by atoms with Crippen LogP contribution in [-0.4, -0.2) is 21.8 Å². The number of aryl methyl sites for hydroxylation is 1. The number of rotatable bonds is 8. The third-order valence-corrected chi connectivity index (χ3v) is 5.63. The van der Waals surface area contributed by atoms with Crippen LogP contribution in [0.1, 0.15) is 46.9 Å². The molecule has 0 aliphatic heterocycles. The van der Waals surface area contributed by atoms with E-state index >= 15 is 0 Å². The Balaban J connectivity index is 1.68. The summed E-state index contributed by atoms with van der Waals surface area (Å²) in [5.74, 6) is 0.341. The van der Waals surface area contributed by atoms with Crippen molar-refractivity contribution in [3.05, 3.63) is 81.6 Å². The van der Waals surface area contributed by atoms with Gasteiger partial charge in [-0.3, -0.25) is 4.79 Å². The molecule has 3 aromatic rings. The van der Waals surface area contributed by atoms with Gasteiger partial charge in [-0.2, -0.15) is 0 Å². The minimum atomic E-state index is -0.352. The minimum absolute atomic E-state index is 0.0428. The van der Waals surface area contributed by atoms with Gasteiger partial charge in [0.05, 0.1) is 12.2 Å². The molecule has 6 heteroatoms. The van der Waals surface area contributed by atoms with Crippen LogP contribution in [-0.2, 0) is 13.2 Å². The van der Waals surface area contributed by atoms with Gasteiger partial charge in [0.25, 0.3) is 5.91 Å². The molecular formula is C23H25FN2O2S. The highest BCUT2D eigenvalue weighted by Gasteiger charge is 2.22. The largest absolute Gasteiger partial charge is 0.486 e. The van der Waals surface area contributed by atoms with E-state index in [1.165, 1.54) is 35.6 Å². The Hall–Kier alpha value is -2.73. The summed E-state index contributed by atoms with van der Waals surface area (Å²) < 4.78 is 19.0. The Kier molecular flexibility index (Phi) is 6.99. The summed E-state index contributed by atoms with van der Waals surface area (Å²) in [6.07, 6.45) is 0.820. The van der Waals surface area contributed by atoms with Crippen molar-refractivity contribution in [3.63, 3.8) is 0 Å². The van der Waals surface area contributed by atoms with Crippen LogP contribution in [0.2, 0.25) is 0 Å². The number of thiazole rings is 1. The Morgan fingerprint density at radius 3 is 2.69 bits per heavy atom. The van der Waals surface area contributed by atoms with Crippen LogP contribution in [0.15, 0.2) is 53.9 Å². The van der Waals surface area contributed by atoms with E-state index in [9.17, 15) is 9.18 Å². The lowest BCUT2D eigenvalue weighted by atomic mass is 10.1. The molecule has 152 valence electrons. The summed E-state index contributed by atoms with van der Waals surface area (Å²) >= 11 is 1.52. The first kappa shape index (κ1) is 21.0. The van der Waals surface area contributed by atoms with E-state index in [1.807, 2.05) is 50.4 Å². The highest BCUT2D eigenvalue weighted by molar-refractivity contribution is 7.09. The molecular weight excluding hydrogens is 387 g/mol. The molecule has 4 nitrogen and oxygen atoms in total. The number of carbonyl (C=O) groups excluding carboxylic acids is 1. The predicted molar refractivity (Wildman–Crippen MR) is 114 cm³/mol. The maximum atomic E-state index is 13.2. The maximum Gasteiger partial charge on any atom is 0.254 e. The molecule has 1 heterocycles. The quantitative estimate of drug-likeness (QED) is 0.483. The first-order chi connectivity index (χ1) is 14.0. The molecule has 0 saturated carbocycles. The van der Waals surface area contributed by atoms with E-state index in [1.54, 1.807) is 4.90 Å². The molecule has 0 N–H and O–H groups in total. The molecule has 0 spiro atoms. The maximum absolute atomic E-state index is 13.2. The fourth-order valence-corrected chi connectivity index (χ4v) is 3.62. The zero-order valence-electron chi connectivity index (χ0n) is 16.9. The monoisotopic (exact) mass is 412 g/mol. The van der Waals surface area contributed by atoms with Crippen molar-refractivity contribution in [3.8, 4) is 5.75 Å². The first-order valence-corrected chi connectivity index (χ1v) is 10.5. The van der Waals surface area contributed by atoms with Gasteiger partial charge in [0.2, 0.25) is 0 Å². The number of carbonyl (C=O) groups is 1. The molecule has 29 heavy (non-hydrogen) atoms. The molecule has 0 unspecified atom stereocenters. The van der Waals surface area contributed by atoms with E-state index < -0.39 is 0 Å². The van der Waals surface area contributed by atoms with Gasteiger partial charge in [-0.1, -0.05) is 19.1 Å². The van der Waals surface area contributed by atoms with Gasteiger partial charge in [-0.25, -0.2) is 9.37 Å². The summed E-state index contributed by atoms with van der Waals surface area (Å²) in [4.78, 5) is 19.4. The van der Waals surface area contributed by atoms with Crippen molar-refractivity contribution in [2.24, 2.45) is 0 Å². The highest BCUT2D eigenvalue weighted by Crippen LogP contribution is 2.20. The second-order valence-corrected chi connectivity index (χ2v) is 7.98. The second kappa shape index (κ2) is 9.65. The summed E-state index contributed by atoms with van der Waals surface area (Å²) in [6.45, 7) is 6.87. The first-order valence-electron chi connectivity index (χ1n) is 9.65. The summed E-state index contributed by atoms with van der Waals surface area (Å²) in [7, 11) is 0. The lowest BCUT2D eigenvalue weighted by Gasteiger charge is -2.28.